The van der Waals surface area contributed by atoms with Gasteiger partial charge in [0.25, 0.3) is 0 Å². The van der Waals surface area contributed by atoms with Gasteiger partial charge in [-0.1, -0.05) is 54.6 Å². The number of ether oxygens (including phenoxy) is 1. The Bertz CT molecular complexity index is 1240. The molecule has 2 heterocycles. The van der Waals surface area contributed by atoms with Crippen LogP contribution >= 0.6 is 0 Å². The second-order valence-electron chi connectivity index (χ2n) is 8.70. The van der Waals surface area contributed by atoms with Crippen molar-refractivity contribution in [1.29, 1.82) is 0 Å². The second kappa shape index (κ2) is 9.65. The molecule has 1 aromatic heterocycles. The lowest BCUT2D eigenvalue weighted by Crippen LogP contribution is -2.42. The number of fused-ring (bicyclic) bond motifs is 1. The molecule has 0 bridgehead atoms. The molecule has 1 aliphatic heterocycles. The first-order valence-corrected chi connectivity index (χ1v) is 11.6. The molecule has 0 spiro atoms. The Morgan fingerprint density at radius 2 is 1.58 bits per heavy atom. The molecule has 1 atom stereocenters. The molecule has 1 fully saturated rings. The fourth-order valence-corrected chi connectivity index (χ4v) is 4.71. The lowest BCUT2D eigenvalue weighted by molar-refractivity contribution is 0.0559. The normalized spacial score (nSPS) is 16.2. The number of H-pyrrole nitrogens is 1. The van der Waals surface area contributed by atoms with Crippen LogP contribution in [0.15, 0.2) is 83.7 Å². The van der Waals surface area contributed by atoms with Crippen LogP contribution in [0.25, 0.3) is 22.2 Å². The molecule has 1 saturated heterocycles. The Balaban J connectivity index is 1.11. The Hall–Kier alpha value is -3.35. The molecule has 2 N–H and O–H groups in total. The molecule has 6 heteroatoms. The number of para-hydroxylation sites is 2. The number of piperidine rings is 1. The maximum Gasteiger partial charge on any atom is 0.326 e. The summed E-state index contributed by atoms with van der Waals surface area (Å²) < 4.78 is 7.71. The smallest absolute Gasteiger partial charge is 0.326 e. The van der Waals surface area contributed by atoms with Crippen LogP contribution in [0.3, 0.4) is 0 Å². The van der Waals surface area contributed by atoms with Crippen molar-refractivity contribution in [2.45, 2.75) is 25.0 Å². The van der Waals surface area contributed by atoms with E-state index >= 15 is 0 Å². The highest BCUT2D eigenvalue weighted by molar-refractivity contribution is 5.75. The topological polar surface area (TPSA) is 70.5 Å². The van der Waals surface area contributed by atoms with Crippen LogP contribution in [-0.4, -0.2) is 51.9 Å². The summed E-state index contributed by atoms with van der Waals surface area (Å²) in [6.45, 7) is 2.52. The van der Waals surface area contributed by atoms with Crippen molar-refractivity contribution in [1.82, 2.24) is 14.5 Å². The van der Waals surface area contributed by atoms with Crippen molar-refractivity contribution in [3.05, 3.63) is 89.3 Å². The number of nitrogens with zero attached hydrogens (tertiary/aromatic N) is 2. The SMILES string of the molecule is O=c1[nH]c2ccccc2n1C1CCN(CC(O)COc2ccc(-c3ccccc3)cc2)CC1. The number of likely N-dealkylation sites (tertiary alicyclic amines) is 1. The lowest BCUT2D eigenvalue weighted by atomic mass is 10.0. The predicted octanol–water partition coefficient (Wildman–Crippen LogP) is 4.07. The molecule has 0 radical (unpaired) electrons. The molecule has 0 saturated carbocycles. The summed E-state index contributed by atoms with van der Waals surface area (Å²) in [5.74, 6) is 0.756. The van der Waals surface area contributed by atoms with Crippen molar-refractivity contribution in [3.8, 4) is 16.9 Å². The van der Waals surface area contributed by atoms with Gasteiger partial charge in [0.15, 0.2) is 0 Å². The maximum atomic E-state index is 12.5. The fraction of sp³-hybridized carbons (Fsp3) is 0.296. The third-order valence-corrected chi connectivity index (χ3v) is 6.42. The van der Waals surface area contributed by atoms with E-state index in [0.717, 1.165) is 48.3 Å². The van der Waals surface area contributed by atoms with Crippen LogP contribution in [0.1, 0.15) is 18.9 Å². The fourth-order valence-electron chi connectivity index (χ4n) is 4.71. The number of hydrogen-bond acceptors (Lipinski definition) is 4. The van der Waals surface area contributed by atoms with Gasteiger partial charge in [-0.2, -0.15) is 0 Å². The van der Waals surface area contributed by atoms with Crippen LogP contribution in [0, 0.1) is 0 Å². The molecule has 1 aliphatic rings. The molecule has 33 heavy (non-hydrogen) atoms. The van der Waals surface area contributed by atoms with E-state index in [-0.39, 0.29) is 18.3 Å². The standard InChI is InChI=1S/C27H29N3O3/c31-23(19-33-24-12-10-21(11-13-24)20-6-2-1-3-7-20)18-29-16-14-22(15-17-29)30-26-9-5-4-8-25(26)28-27(30)32/h1-13,22-23,31H,14-19H2,(H,28,32). The zero-order valence-corrected chi connectivity index (χ0v) is 18.6. The molecule has 6 nitrogen and oxygen atoms in total. The van der Waals surface area contributed by atoms with Gasteiger partial charge in [0, 0.05) is 25.7 Å². The second-order valence-corrected chi connectivity index (χ2v) is 8.70. The highest BCUT2D eigenvalue weighted by atomic mass is 16.5. The van der Waals surface area contributed by atoms with E-state index in [9.17, 15) is 9.90 Å². The average molecular weight is 444 g/mol. The first kappa shape index (κ1) is 21.5. The maximum absolute atomic E-state index is 12.5. The molecule has 1 unspecified atom stereocenters. The van der Waals surface area contributed by atoms with Crippen molar-refractivity contribution in [2.75, 3.05) is 26.2 Å². The van der Waals surface area contributed by atoms with Crippen LogP contribution < -0.4 is 10.4 Å². The van der Waals surface area contributed by atoms with E-state index in [1.54, 1.807) is 0 Å². The van der Waals surface area contributed by atoms with Gasteiger partial charge in [0.2, 0.25) is 0 Å². The first-order chi connectivity index (χ1) is 16.2. The van der Waals surface area contributed by atoms with Crippen LogP contribution in [0.5, 0.6) is 5.75 Å². The summed E-state index contributed by atoms with van der Waals surface area (Å²) in [6.07, 6.45) is 1.21. The average Bonchev–Trinajstić information content (AvgIpc) is 3.20. The monoisotopic (exact) mass is 443 g/mol. The Morgan fingerprint density at radius 1 is 0.909 bits per heavy atom. The molecule has 4 aromatic rings. The Morgan fingerprint density at radius 3 is 2.33 bits per heavy atom. The molecule has 5 rings (SSSR count). The number of aliphatic hydroxyl groups excluding tert-OH is 1. The van der Waals surface area contributed by atoms with Gasteiger partial charge in [-0.25, -0.2) is 4.79 Å². The molecule has 0 aliphatic carbocycles. The van der Waals surface area contributed by atoms with Crippen molar-refractivity contribution in [3.63, 3.8) is 0 Å². The molecule has 170 valence electrons. The van der Waals surface area contributed by atoms with E-state index in [1.807, 2.05) is 71.3 Å². The minimum Gasteiger partial charge on any atom is -0.491 e. The van der Waals surface area contributed by atoms with E-state index in [4.69, 9.17) is 4.74 Å². The summed E-state index contributed by atoms with van der Waals surface area (Å²) in [5, 5.41) is 10.5. The highest BCUT2D eigenvalue weighted by Crippen LogP contribution is 2.25. The summed E-state index contributed by atoms with van der Waals surface area (Å²) in [6, 6.07) is 26.2. The van der Waals surface area contributed by atoms with Crippen LogP contribution in [0.2, 0.25) is 0 Å². The zero-order valence-electron chi connectivity index (χ0n) is 18.6. The van der Waals surface area contributed by atoms with Gasteiger partial charge < -0.3 is 19.7 Å². The largest absolute Gasteiger partial charge is 0.491 e. The van der Waals surface area contributed by atoms with Gasteiger partial charge in [-0.15, -0.1) is 0 Å². The number of β-amino-alcohol motifs (C(OH)–C–C–N with tert-alkyl or cyclic N) is 1. The number of benzene rings is 3. The summed E-state index contributed by atoms with van der Waals surface area (Å²) in [7, 11) is 0. The Kier molecular flexibility index (Phi) is 6.28. The quantitative estimate of drug-likeness (QED) is 0.452. The lowest BCUT2D eigenvalue weighted by Gasteiger charge is -2.33. The third kappa shape index (κ3) is 4.87. The minimum atomic E-state index is -0.564. The number of aromatic nitrogens is 2. The first-order valence-electron chi connectivity index (χ1n) is 11.6. The molecule has 3 aromatic carbocycles. The van der Waals surface area contributed by atoms with Crippen molar-refractivity contribution < 1.29 is 9.84 Å². The summed E-state index contributed by atoms with van der Waals surface area (Å²) >= 11 is 0. The number of nitrogens with one attached hydrogen (secondary N) is 1. The minimum absolute atomic E-state index is 0.0404. The van der Waals surface area contributed by atoms with Crippen LogP contribution in [0.4, 0.5) is 0 Å². The van der Waals surface area contributed by atoms with E-state index in [0.29, 0.717) is 6.54 Å². The van der Waals surface area contributed by atoms with Gasteiger partial charge in [-0.05, 0) is 48.2 Å². The van der Waals surface area contributed by atoms with E-state index in [2.05, 4.69) is 22.0 Å². The molecular formula is C27H29N3O3. The third-order valence-electron chi connectivity index (χ3n) is 6.42. The number of hydrogen-bond donors (Lipinski definition) is 2. The van der Waals surface area contributed by atoms with Crippen LogP contribution in [-0.2, 0) is 0 Å². The molecular weight excluding hydrogens is 414 g/mol. The van der Waals surface area contributed by atoms with E-state index in [1.165, 1.54) is 5.56 Å². The zero-order chi connectivity index (χ0) is 22.6. The Labute approximate surface area is 193 Å². The van der Waals surface area contributed by atoms with Gasteiger partial charge >= 0.3 is 5.69 Å². The summed E-state index contributed by atoms with van der Waals surface area (Å²) in [4.78, 5) is 17.7. The van der Waals surface area contributed by atoms with Gasteiger partial charge in [-0.3, -0.25) is 4.57 Å². The number of aliphatic hydroxyl groups is 1. The molecule has 0 amide bonds. The highest BCUT2D eigenvalue weighted by Gasteiger charge is 2.24. The number of imidazole rings is 1. The van der Waals surface area contributed by atoms with Crippen molar-refractivity contribution >= 4 is 11.0 Å². The number of aromatic amines is 1. The van der Waals surface area contributed by atoms with Gasteiger partial charge in [0.05, 0.1) is 11.0 Å². The van der Waals surface area contributed by atoms with E-state index < -0.39 is 6.10 Å². The predicted molar refractivity (Wildman–Crippen MR) is 131 cm³/mol. The van der Waals surface area contributed by atoms with Crippen molar-refractivity contribution in [2.24, 2.45) is 0 Å². The summed E-state index contributed by atoms with van der Waals surface area (Å²) in [5.41, 5.74) is 4.12. The van der Waals surface area contributed by atoms with Gasteiger partial charge in [0.1, 0.15) is 18.5 Å². The number of rotatable bonds is 7.